The number of rotatable bonds is 7. The summed E-state index contributed by atoms with van der Waals surface area (Å²) < 4.78 is 17.7. The monoisotopic (exact) mass is 521 g/mol. The Morgan fingerprint density at radius 3 is 2.50 bits per heavy atom. The fourth-order valence-electron chi connectivity index (χ4n) is 5.28. The molecule has 1 fully saturated rings. The Labute approximate surface area is 219 Å². The lowest BCUT2D eigenvalue weighted by Gasteiger charge is -2.37. The number of hydrogen-bond acceptors (Lipinski definition) is 7. The van der Waals surface area contributed by atoms with E-state index in [9.17, 15) is 19.5 Å². The van der Waals surface area contributed by atoms with E-state index in [0.29, 0.717) is 61.5 Å². The lowest BCUT2D eigenvalue weighted by molar-refractivity contribution is 0.0602. The van der Waals surface area contributed by atoms with Gasteiger partial charge in [0.15, 0.2) is 11.5 Å². The molecule has 0 spiro atoms. The molecule has 0 bridgehead atoms. The highest BCUT2D eigenvalue weighted by atomic mass is 16.6. The molecule has 5 rings (SSSR count). The van der Waals surface area contributed by atoms with E-state index in [-0.39, 0.29) is 23.7 Å². The Balaban J connectivity index is 1.22. The number of fused-ring (bicyclic) bond motifs is 2. The van der Waals surface area contributed by atoms with Gasteiger partial charge in [0, 0.05) is 50.2 Å². The van der Waals surface area contributed by atoms with Gasteiger partial charge < -0.3 is 33.7 Å². The van der Waals surface area contributed by atoms with Gasteiger partial charge in [0.05, 0.1) is 18.2 Å². The molecule has 3 heterocycles. The molecular formula is C28H31N3O7. The van der Waals surface area contributed by atoms with Gasteiger partial charge in [-0.25, -0.2) is 9.59 Å². The Bertz CT molecular complexity index is 1390. The van der Waals surface area contributed by atoms with Crippen LogP contribution in [0.25, 0.3) is 10.9 Å². The van der Waals surface area contributed by atoms with Gasteiger partial charge in [-0.2, -0.15) is 0 Å². The average molecular weight is 522 g/mol. The number of methoxy groups -OCH3 is 1. The number of benzene rings is 2. The molecule has 200 valence electrons. The third-order valence-corrected chi connectivity index (χ3v) is 7.27. The van der Waals surface area contributed by atoms with Crippen LogP contribution < -0.4 is 15.0 Å². The van der Waals surface area contributed by atoms with Crippen LogP contribution in [0.2, 0.25) is 0 Å². The van der Waals surface area contributed by atoms with Crippen molar-refractivity contribution in [3.63, 3.8) is 0 Å². The number of carboxylic acid groups (broad SMARTS) is 1. The zero-order valence-electron chi connectivity index (χ0n) is 21.3. The number of piperidine rings is 1. The normalized spacial score (nSPS) is 15.8. The van der Waals surface area contributed by atoms with Gasteiger partial charge in [0.2, 0.25) is 0 Å². The van der Waals surface area contributed by atoms with Gasteiger partial charge >= 0.3 is 12.1 Å². The number of carbonyl (C=O) groups is 2. The summed E-state index contributed by atoms with van der Waals surface area (Å²) in [5.41, 5.74) is 1.56. The Morgan fingerprint density at radius 2 is 1.76 bits per heavy atom. The van der Waals surface area contributed by atoms with Crippen molar-refractivity contribution < 1.29 is 28.9 Å². The van der Waals surface area contributed by atoms with Gasteiger partial charge in [-0.05, 0) is 36.6 Å². The van der Waals surface area contributed by atoms with Crippen molar-refractivity contribution >= 4 is 23.0 Å². The van der Waals surface area contributed by atoms with Crippen molar-refractivity contribution in [2.75, 3.05) is 40.0 Å². The number of nitrogens with zero attached hydrogens (tertiary/aromatic N) is 3. The van der Waals surface area contributed by atoms with Crippen LogP contribution in [0.3, 0.4) is 0 Å². The van der Waals surface area contributed by atoms with Crippen LogP contribution >= 0.6 is 0 Å². The summed E-state index contributed by atoms with van der Waals surface area (Å²) >= 11 is 0. The molecule has 1 saturated heterocycles. The first-order chi connectivity index (χ1) is 18.4. The Hall–Kier alpha value is -4.05. The predicted octanol–water partition coefficient (Wildman–Crippen LogP) is 3.20. The van der Waals surface area contributed by atoms with Crippen LogP contribution in [-0.4, -0.2) is 77.5 Å². The summed E-state index contributed by atoms with van der Waals surface area (Å²) in [6.07, 6.45) is 0.462. The predicted molar refractivity (Wildman–Crippen MR) is 140 cm³/mol. The van der Waals surface area contributed by atoms with Crippen molar-refractivity contribution in [3.8, 4) is 11.5 Å². The number of para-hydroxylation sites is 1. The van der Waals surface area contributed by atoms with Crippen molar-refractivity contribution in [2.45, 2.75) is 32.0 Å². The van der Waals surface area contributed by atoms with E-state index in [1.807, 2.05) is 42.5 Å². The lowest BCUT2D eigenvalue weighted by Crippen LogP contribution is -2.47. The summed E-state index contributed by atoms with van der Waals surface area (Å²) in [5, 5.41) is 10.6. The van der Waals surface area contributed by atoms with Gasteiger partial charge in [-0.3, -0.25) is 4.79 Å². The number of ether oxygens (including phenoxy) is 3. The van der Waals surface area contributed by atoms with Crippen LogP contribution in [0, 0.1) is 0 Å². The first kappa shape index (κ1) is 25.6. The van der Waals surface area contributed by atoms with E-state index in [0.717, 1.165) is 18.7 Å². The first-order valence-corrected chi connectivity index (χ1v) is 12.8. The summed E-state index contributed by atoms with van der Waals surface area (Å²) in [5.74, 6) is 0.796. The van der Waals surface area contributed by atoms with Crippen LogP contribution in [0.5, 0.6) is 11.5 Å². The van der Waals surface area contributed by atoms with Crippen molar-refractivity contribution in [1.82, 2.24) is 14.4 Å². The third-order valence-electron chi connectivity index (χ3n) is 7.27. The average Bonchev–Trinajstić information content (AvgIpc) is 2.94. The maximum atomic E-state index is 12.9. The molecule has 0 unspecified atom stereocenters. The van der Waals surface area contributed by atoms with E-state index < -0.39 is 12.1 Å². The van der Waals surface area contributed by atoms with Gasteiger partial charge in [-0.1, -0.05) is 24.3 Å². The lowest BCUT2D eigenvalue weighted by atomic mass is 10.0. The maximum Gasteiger partial charge on any atom is 0.407 e. The van der Waals surface area contributed by atoms with E-state index in [1.165, 1.54) is 18.1 Å². The van der Waals surface area contributed by atoms with E-state index in [1.54, 1.807) is 4.57 Å². The summed E-state index contributed by atoms with van der Waals surface area (Å²) in [7, 11) is 1.30. The molecule has 0 saturated carbocycles. The zero-order valence-corrected chi connectivity index (χ0v) is 21.3. The molecule has 10 nitrogen and oxygen atoms in total. The number of pyridine rings is 1. The Kier molecular flexibility index (Phi) is 7.50. The van der Waals surface area contributed by atoms with Gasteiger partial charge in [0.1, 0.15) is 13.2 Å². The SMILES string of the molecule is COC(=O)c1cc(=O)n(CCN2CCC(N(Cc3ccc4c(c3)OCCO4)C(=O)O)CC2)c2ccccc12. The quantitative estimate of drug-likeness (QED) is 0.472. The first-order valence-electron chi connectivity index (χ1n) is 12.8. The van der Waals surface area contributed by atoms with Crippen LogP contribution in [-0.2, 0) is 17.8 Å². The highest BCUT2D eigenvalue weighted by Gasteiger charge is 2.28. The molecule has 0 aliphatic carbocycles. The molecule has 1 aromatic heterocycles. The molecule has 0 radical (unpaired) electrons. The molecule has 10 heteroatoms. The number of esters is 1. The molecule has 3 aromatic rings. The molecule has 2 aromatic carbocycles. The summed E-state index contributed by atoms with van der Waals surface area (Å²) in [6.45, 7) is 3.83. The van der Waals surface area contributed by atoms with Gasteiger partial charge in [-0.15, -0.1) is 0 Å². The van der Waals surface area contributed by atoms with Crippen molar-refractivity contribution in [3.05, 3.63) is 70.0 Å². The molecule has 38 heavy (non-hydrogen) atoms. The minimum atomic E-state index is -0.943. The number of hydrogen-bond donors (Lipinski definition) is 1. The fraction of sp³-hybridized carbons (Fsp3) is 0.393. The third kappa shape index (κ3) is 5.31. The summed E-state index contributed by atoms with van der Waals surface area (Å²) in [6, 6.07) is 14.1. The standard InChI is InChI=1S/C28H31N3O7/c1-36-27(33)22-17-26(32)30(23-5-3-2-4-21(22)23)13-12-29-10-8-20(9-11-29)31(28(34)35)18-19-6-7-24-25(16-19)38-15-14-37-24/h2-7,16-17,20H,8-15,18H2,1H3,(H,34,35). The Morgan fingerprint density at radius 1 is 1.03 bits per heavy atom. The highest BCUT2D eigenvalue weighted by molar-refractivity contribution is 6.03. The molecule has 1 amide bonds. The topological polar surface area (TPSA) is 111 Å². The maximum absolute atomic E-state index is 12.9. The van der Waals surface area contributed by atoms with Crippen molar-refractivity contribution in [2.24, 2.45) is 0 Å². The highest BCUT2D eigenvalue weighted by Crippen LogP contribution is 2.31. The van der Waals surface area contributed by atoms with Crippen molar-refractivity contribution in [1.29, 1.82) is 0 Å². The second-order valence-electron chi connectivity index (χ2n) is 9.52. The number of amides is 1. The number of carbonyl (C=O) groups excluding carboxylic acids is 1. The van der Waals surface area contributed by atoms with Crippen LogP contribution in [0.1, 0.15) is 28.8 Å². The number of aromatic nitrogens is 1. The van der Waals surface area contributed by atoms with Crippen LogP contribution in [0.15, 0.2) is 53.3 Å². The number of likely N-dealkylation sites (tertiary alicyclic amines) is 1. The summed E-state index contributed by atoms with van der Waals surface area (Å²) in [4.78, 5) is 40.9. The van der Waals surface area contributed by atoms with E-state index in [2.05, 4.69) is 4.90 Å². The molecule has 2 aliphatic rings. The molecule has 0 atom stereocenters. The minimum absolute atomic E-state index is 0.0974. The van der Waals surface area contributed by atoms with Gasteiger partial charge in [0.25, 0.3) is 5.56 Å². The fourth-order valence-corrected chi connectivity index (χ4v) is 5.28. The molecule has 2 aliphatic heterocycles. The smallest absolute Gasteiger partial charge is 0.407 e. The second kappa shape index (κ2) is 11.1. The van der Waals surface area contributed by atoms with Crippen LogP contribution in [0.4, 0.5) is 4.79 Å². The largest absolute Gasteiger partial charge is 0.486 e. The zero-order chi connectivity index (χ0) is 26.6. The van der Waals surface area contributed by atoms with E-state index >= 15 is 0 Å². The molecular weight excluding hydrogens is 490 g/mol. The van der Waals surface area contributed by atoms with E-state index in [4.69, 9.17) is 14.2 Å². The molecule has 1 N–H and O–H groups in total. The second-order valence-corrected chi connectivity index (χ2v) is 9.52. The minimum Gasteiger partial charge on any atom is -0.486 e.